The lowest BCUT2D eigenvalue weighted by Gasteiger charge is -2.16. The molecule has 1 aliphatic heterocycles. The zero-order chi connectivity index (χ0) is 11.4. The van der Waals surface area contributed by atoms with E-state index in [-0.39, 0.29) is 29.7 Å². The molecular formula is C11H15FIN3O. The van der Waals surface area contributed by atoms with E-state index in [1.54, 1.807) is 6.07 Å². The van der Waals surface area contributed by atoms with E-state index < -0.39 is 5.82 Å². The number of phenols is 1. The van der Waals surface area contributed by atoms with Crippen LogP contribution in [-0.4, -0.2) is 24.2 Å². The van der Waals surface area contributed by atoms with Crippen LogP contribution in [0.15, 0.2) is 23.2 Å². The monoisotopic (exact) mass is 351 g/mol. The highest BCUT2D eigenvalue weighted by molar-refractivity contribution is 14.0. The molecule has 0 atom stereocenters. The summed E-state index contributed by atoms with van der Waals surface area (Å²) in [5.41, 5.74) is 0.769. The average molecular weight is 351 g/mol. The van der Waals surface area contributed by atoms with Gasteiger partial charge in [0.25, 0.3) is 0 Å². The third-order valence-electron chi connectivity index (χ3n) is 2.37. The van der Waals surface area contributed by atoms with Crippen LogP contribution in [0.1, 0.15) is 12.0 Å². The van der Waals surface area contributed by atoms with Gasteiger partial charge >= 0.3 is 0 Å². The SMILES string of the molecule is I.Oc1ccc(CNC2=NCCCN2)cc1F. The number of hydrogen-bond acceptors (Lipinski definition) is 4. The maximum absolute atomic E-state index is 13.0. The van der Waals surface area contributed by atoms with Crippen LogP contribution in [0.2, 0.25) is 0 Å². The van der Waals surface area contributed by atoms with Crippen molar-refractivity contribution in [3.05, 3.63) is 29.6 Å². The van der Waals surface area contributed by atoms with Crippen LogP contribution in [0.5, 0.6) is 5.75 Å². The van der Waals surface area contributed by atoms with E-state index in [4.69, 9.17) is 5.11 Å². The number of phenolic OH excluding ortho intramolecular Hbond substituents is 1. The van der Waals surface area contributed by atoms with Crippen molar-refractivity contribution in [2.45, 2.75) is 13.0 Å². The number of halogens is 2. The Bertz CT molecular complexity index is 412. The van der Waals surface area contributed by atoms with Crippen LogP contribution in [0.25, 0.3) is 0 Å². The quantitative estimate of drug-likeness (QED) is 0.710. The van der Waals surface area contributed by atoms with Gasteiger partial charge in [-0.25, -0.2) is 4.39 Å². The first-order valence-corrected chi connectivity index (χ1v) is 5.25. The number of aromatic hydroxyl groups is 1. The van der Waals surface area contributed by atoms with Gasteiger partial charge in [-0.15, -0.1) is 24.0 Å². The summed E-state index contributed by atoms with van der Waals surface area (Å²) in [5, 5.41) is 15.2. The summed E-state index contributed by atoms with van der Waals surface area (Å²) in [6.45, 7) is 2.22. The second kappa shape index (κ2) is 6.63. The minimum atomic E-state index is -0.599. The number of benzene rings is 1. The molecule has 0 saturated heterocycles. The Kier molecular flexibility index (Phi) is 5.46. The molecule has 2 rings (SSSR count). The lowest BCUT2D eigenvalue weighted by Crippen LogP contribution is -2.40. The fourth-order valence-electron chi connectivity index (χ4n) is 1.50. The summed E-state index contributed by atoms with van der Waals surface area (Å²) >= 11 is 0. The molecule has 0 spiro atoms. The predicted octanol–water partition coefficient (Wildman–Crippen LogP) is 1.59. The smallest absolute Gasteiger partial charge is 0.191 e. The van der Waals surface area contributed by atoms with Gasteiger partial charge in [0.1, 0.15) is 0 Å². The maximum atomic E-state index is 13.0. The Morgan fingerprint density at radius 1 is 1.47 bits per heavy atom. The van der Waals surface area contributed by atoms with Crippen molar-refractivity contribution in [3.63, 3.8) is 0 Å². The molecule has 3 N–H and O–H groups in total. The normalized spacial score (nSPS) is 14.3. The van der Waals surface area contributed by atoms with E-state index in [2.05, 4.69) is 15.6 Å². The van der Waals surface area contributed by atoms with Crippen LogP contribution >= 0.6 is 24.0 Å². The summed E-state index contributed by atoms with van der Waals surface area (Å²) in [5.74, 6) is -0.172. The third-order valence-corrected chi connectivity index (χ3v) is 2.37. The highest BCUT2D eigenvalue weighted by Crippen LogP contribution is 2.15. The van der Waals surface area contributed by atoms with E-state index in [9.17, 15) is 4.39 Å². The fourth-order valence-corrected chi connectivity index (χ4v) is 1.50. The van der Waals surface area contributed by atoms with Crippen LogP contribution in [0.4, 0.5) is 4.39 Å². The zero-order valence-electron chi connectivity index (χ0n) is 9.24. The number of guanidine groups is 1. The summed E-state index contributed by atoms with van der Waals surface area (Å²) < 4.78 is 13.0. The van der Waals surface area contributed by atoms with Crippen LogP contribution in [-0.2, 0) is 6.54 Å². The molecule has 1 aliphatic rings. The molecular weight excluding hydrogens is 336 g/mol. The summed E-state index contributed by atoms with van der Waals surface area (Å²) in [6.07, 6.45) is 1.04. The first-order chi connectivity index (χ1) is 7.75. The number of rotatable bonds is 2. The van der Waals surface area contributed by atoms with Gasteiger partial charge in [0.05, 0.1) is 0 Å². The minimum absolute atomic E-state index is 0. The van der Waals surface area contributed by atoms with Crippen molar-refractivity contribution in [3.8, 4) is 5.75 Å². The molecule has 0 fully saturated rings. The Labute approximate surface area is 116 Å². The topological polar surface area (TPSA) is 56.6 Å². The Morgan fingerprint density at radius 3 is 2.94 bits per heavy atom. The fraction of sp³-hybridized carbons (Fsp3) is 0.364. The standard InChI is InChI=1S/C11H14FN3O.HI/c12-9-6-8(2-3-10(9)16)7-15-11-13-4-1-5-14-11;/h2-3,6,16H,1,4-5,7H2,(H2,13,14,15);1H. The Hall–Kier alpha value is -1.05. The van der Waals surface area contributed by atoms with Gasteiger partial charge in [0.2, 0.25) is 0 Å². The highest BCUT2D eigenvalue weighted by atomic mass is 127. The molecule has 0 amide bonds. The number of nitrogens with zero attached hydrogens (tertiary/aromatic N) is 1. The van der Waals surface area contributed by atoms with E-state index >= 15 is 0 Å². The van der Waals surface area contributed by atoms with Crippen molar-refractivity contribution in [1.29, 1.82) is 0 Å². The van der Waals surface area contributed by atoms with Crippen molar-refractivity contribution in [2.24, 2.45) is 4.99 Å². The summed E-state index contributed by atoms with van der Waals surface area (Å²) in [4.78, 5) is 4.24. The van der Waals surface area contributed by atoms with Crippen molar-refractivity contribution < 1.29 is 9.50 Å². The van der Waals surface area contributed by atoms with Crippen molar-refractivity contribution in [2.75, 3.05) is 13.1 Å². The first-order valence-electron chi connectivity index (χ1n) is 5.25. The zero-order valence-corrected chi connectivity index (χ0v) is 11.6. The minimum Gasteiger partial charge on any atom is -0.505 e. The average Bonchev–Trinajstić information content (AvgIpc) is 2.32. The largest absolute Gasteiger partial charge is 0.505 e. The predicted molar refractivity (Wildman–Crippen MR) is 75.2 cm³/mol. The summed E-state index contributed by atoms with van der Waals surface area (Å²) in [7, 11) is 0. The Morgan fingerprint density at radius 2 is 2.29 bits per heavy atom. The lowest BCUT2D eigenvalue weighted by molar-refractivity contribution is 0.431. The number of nitrogens with one attached hydrogen (secondary N) is 2. The molecule has 1 aromatic rings. The number of hydrogen-bond donors (Lipinski definition) is 3. The van der Waals surface area contributed by atoms with Gasteiger partial charge in [-0.3, -0.25) is 4.99 Å². The van der Waals surface area contributed by atoms with Crippen LogP contribution in [0.3, 0.4) is 0 Å². The third kappa shape index (κ3) is 4.03. The molecule has 94 valence electrons. The van der Waals surface area contributed by atoms with Crippen LogP contribution in [0, 0.1) is 5.82 Å². The molecule has 0 saturated carbocycles. The molecule has 6 heteroatoms. The molecule has 0 aromatic heterocycles. The lowest BCUT2D eigenvalue weighted by atomic mass is 10.2. The Balaban J connectivity index is 0.00000144. The van der Waals surface area contributed by atoms with Crippen molar-refractivity contribution >= 4 is 29.9 Å². The maximum Gasteiger partial charge on any atom is 0.191 e. The molecule has 0 bridgehead atoms. The molecule has 0 aliphatic carbocycles. The molecule has 1 aromatic carbocycles. The van der Waals surface area contributed by atoms with Gasteiger partial charge in [-0.2, -0.15) is 0 Å². The first kappa shape index (κ1) is 14.0. The second-order valence-corrected chi connectivity index (χ2v) is 3.65. The van der Waals surface area contributed by atoms with Crippen molar-refractivity contribution in [1.82, 2.24) is 10.6 Å². The van der Waals surface area contributed by atoms with E-state index in [1.165, 1.54) is 12.1 Å². The van der Waals surface area contributed by atoms with Gasteiger partial charge in [0.15, 0.2) is 17.5 Å². The molecule has 17 heavy (non-hydrogen) atoms. The van der Waals surface area contributed by atoms with E-state index in [0.29, 0.717) is 6.54 Å². The van der Waals surface area contributed by atoms with E-state index in [0.717, 1.165) is 31.0 Å². The molecule has 0 unspecified atom stereocenters. The van der Waals surface area contributed by atoms with E-state index in [1.807, 2.05) is 0 Å². The highest BCUT2D eigenvalue weighted by Gasteiger charge is 2.04. The summed E-state index contributed by atoms with van der Waals surface area (Å²) in [6, 6.07) is 4.34. The molecule has 1 heterocycles. The number of aliphatic imine (C=N–C) groups is 1. The van der Waals surface area contributed by atoms with Crippen LogP contribution < -0.4 is 10.6 Å². The van der Waals surface area contributed by atoms with Gasteiger partial charge in [-0.1, -0.05) is 6.07 Å². The molecule has 0 radical (unpaired) electrons. The van der Waals surface area contributed by atoms with Gasteiger partial charge < -0.3 is 15.7 Å². The van der Waals surface area contributed by atoms with Gasteiger partial charge in [-0.05, 0) is 24.1 Å². The molecule has 4 nitrogen and oxygen atoms in total. The van der Waals surface area contributed by atoms with Gasteiger partial charge in [0, 0.05) is 19.6 Å². The second-order valence-electron chi connectivity index (χ2n) is 3.65.